The van der Waals surface area contributed by atoms with Gasteiger partial charge in [0.15, 0.2) is 0 Å². The molecule has 1 aliphatic rings. The van der Waals surface area contributed by atoms with Gasteiger partial charge in [-0.2, -0.15) is 4.31 Å². The number of hydrogen-bond donors (Lipinski definition) is 1. The number of allylic oxidation sites excluding steroid dienone is 1. The highest BCUT2D eigenvalue weighted by Gasteiger charge is 2.33. The van der Waals surface area contributed by atoms with Gasteiger partial charge < -0.3 is 10.2 Å². The van der Waals surface area contributed by atoms with Crippen LogP contribution in [0.2, 0.25) is 0 Å². The molecule has 0 heterocycles. The van der Waals surface area contributed by atoms with Crippen LogP contribution in [0.5, 0.6) is 0 Å². The maximum absolute atomic E-state index is 14.1. The number of rotatable bonds is 13. The van der Waals surface area contributed by atoms with Crippen LogP contribution in [0.4, 0.5) is 0 Å². The number of nitrogens with zero attached hydrogens (tertiary/aromatic N) is 2. The second-order valence-electron chi connectivity index (χ2n) is 10.5. The number of carbonyl (C=O) groups is 2. The third-order valence-corrected chi connectivity index (χ3v) is 8.50. The zero-order valence-electron chi connectivity index (χ0n) is 23.6. The smallest absolute Gasteiger partial charge is 0.247 e. The summed E-state index contributed by atoms with van der Waals surface area (Å²) in [6, 6.07) is 26.9. The second kappa shape index (κ2) is 14.8. The number of nitrogens with one attached hydrogen (secondary N) is 1. The molecule has 1 unspecified atom stereocenters. The predicted octanol–water partition coefficient (Wildman–Crippen LogP) is 5.23. The first kappa shape index (κ1) is 30.2. The molecule has 2 amide bonds. The molecule has 1 atom stereocenters. The van der Waals surface area contributed by atoms with Gasteiger partial charge in [0.2, 0.25) is 21.8 Å². The van der Waals surface area contributed by atoms with Crippen molar-refractivity contribution in [1.82, 2.24) is 14.5 Å². The monoisotopic (exact) mass is 573 g/mol. The molecule has 0 spiro atoms. The summed E-state index contributed by atoms with van der Waals surface area (Å²) in [5, 5.41) is 3.07. The molecular formula is C33H39N3O4S. The summed E-state index contributed by atoms with van der Waals surface area (Å²) in [6.45, 7) is 0.303. The van der Waals surface area contributed by atoms with Crippen molar-refractivity contribution in [3.05, 3.63) is 119 Å². The summed E-state index contributed by atoms with van der Waals surface area (Å²) >= 11 is 0. The highest BCUT2D eigenvalue weighted by Crippen LogP contribution is 2.25. The van der Waals surface area contributed by atoms with Crippen molar-refractivity contribution in [3.8, 4) is 0 Å². The lowest BCUT2D eigenvalue weighted by atomic mass is 9.97. The van der Waals surface area contributed by atoms with E-state index < -0.39 is 22.0 Å². The molecule has 0 saturated heterocycles. The maximum Gasteiger partial charge on any atom is 0.247 e. The lowest BCUT2D eigenvalue weighted by molar-refractivity contribution is -0.141. The molecule has 216 valence electrons. The largest absolute Gasteiger partial charge is 0.354 e. The summed E-state index contributed by atoms with van der Waals surface area (Å²) in [7, 11) is -3.72. The lowest BCUT2D eigenvalue weighted by Gasteiger charge is -2.33. The van der Waals surface area contributed by atoms with Gasteiger partial charge in [0.25, 0.3) is 0 Å². The van der Waals surface area contributed by atoms with Gasteiger partial charge in [-0.25, -0.2) is 8.42 Å². The molecule has 3 aromatic rings. The van der Waals surface area contributed by atoms with Crippen molar-refractivity contribution >= 4 is 21.8 Å². The molecule has 3 aromatic carbocycles. The molecule has 7 nitrogen and oxygen atoms in total. The van der Waals surface area contributed by atoms with Crippen molar-refractivity contribution in [3.63, 3.8) is 0 Å². The van der Waals surface area contributed by atoms with Crippen molar-refractivity contribution in [2.24, 2.45) is 0 Å². The minimum absolute atomic E-state index is 0.0574. The summed E-state index contributed by atoms with van der Waals surface area (Å²) < 4.78 is 26.7. The van der Waals surface area contributed by atoms with Gasteiger partial charge >= 0.3 is 0 Å². The third kappa shape index (κ3) is 9.13. The van der Waals surface area contributed by atoms with E-state index >= 15 is 0 Å². The standard InChI is InChI=1S/C33H39N3O4S/c1-41(39,40)35(24-28-16-8-3-9-17-28)26-31(37)36(25-29-18-10-4-11-19-29)32(30-20-12-5-13-21-30)33(38)34-23-22-27-14-6-2-7-15-27/h3-5,8-14,16-21,32H,2,6-7,15,22-26H2,1H3,(H,34,38). The molecule has 1 N–H and O–H groups in total. The van der Waals surface area contributed by atoms with Crippen molar-refractivity contribution in [2.75, 3.05) is 19.3 Å². The van der Waals surface area contributed by atoms with Crippen LogP contribution in [0.1, 0.15) is 54.8 Å². The molecule has 4 rings (SSSR count). The second-order valence-corrected chi connectivity index (χ2v) is 12.5. The topological polar surface area (TPSA) is 86.8 Å². The third-order valence-electron chi connectivity index (χ3n) is 7.30. The Morgan fingerprint density at radius 3 is 1.98 bits per heavy atom. The lowest BCUT2D eigenvalue weighted by Crippen LogP contribution is -2.47. The molecule has 0 aromatic heterocycles. The fraction of sp³-hybridized carbons (Fsp3) is 0.333. The summed E-state index contributed by atoms with van der Waals surface area (Å²) in [5.41, 5.74) is 3.64. The molecule has 0 aliphatic heterocycles. The summed E-state index contributed by atoms with van der Waals surface area (Å²) in [4.78, 5) is 29.4. The Balaban J connectivity index is 1.63. The fourth-order valence-corrected chi connectivity index (χ4v) is 5.83. The first-order valence-electron chi connectivity index (χ1n) is 14.1. The normalized spacial score (nSPS) is 14.2. The summed E-state index contributed by atoms with van der Waals surface area (Å²) in [6.07, 6.45) is 8.66. The first-order valence-corrected chi connectivity index (χ1v) is 16.0. The van der Waals surface area contributed by atoms with Gasteiger partial charge in [0.1, 0.15) is 6.04 Å². The number of carbonyl (C=O) groups excluding carboxylic acids is 2. The van der Waals surface area contributed by atoms with Gasteiger partial charge in [-0.15, -0.1) is 0 Å². The molecule has 0 saturated carbocycles. The van der Waals surface area contributed by atoms with E-state index in [0.29, 0.717) is 12.1 Å². The van der Waals surface area contributed by atoms with E-state index in [1.807, 2.05) is 91.0 Å². The minimum atomic E-state index is -3.72. The Bertz CT molecular complexity index is 1410. The average molecular weight is 574 g/mol. The van der Waals surface area contributed by atoms with Gasteiger partial charge in [-0.3, -0.25) is 9.59 Å². The van der Waals surface area contributed by atoms with Crippen molar-refractivity contribution in [1.29, 1.82) is 0 Å². The number of hydrogen-bond acceptors (Lipinski definition) is 4. The predicted molar refractivity (Wildman–Crippen MR) is 162 cm³/mol. The van der Waals surface area contributed by atoms with Crippen LogP contribution in [0.25, 0.3) is 0 Å². The van der Waals surface area contributed by atoms with Crippen LogP contribution >= 0.6 is 0 Å². The Labute approximate surface area is 243 Å². The van der Waals surface area contributed by atoms with Crippen LogP contribution in [-0.4, -0.2) is 48.8 Å². The molecule has 0 radical (unpaired) electrons. The molecule has 41 heavy (non-hydrogen) atoms. The Morgan fingerprint density at radius 1 is 0.829 bits per heavy atom. The first-order chi connectivity index (χ1) is 19.8. The molecule has 0 bridgehead atoms. The molecule has 1 aliphatic carbocycles. The van der Waals surface area contributed by atoms with Crippen molar-refractivity contribution < 1.29 is 18.0 Å². The molecule has 8 heteroatoms. The summed E-state index contributed by atoms with van der Waals surface area (Å²) in [5.74, 6) is -0.736. The quantitative estimate of drug-likeness (QED) is 0.284. The van der Waals surface area contributed by atoms with Crippen LogP contribution in [0.3, 0.4) is 0 Å². The number of benzene rings is 3. The highest BCUT2D eigenvalue weighted by atomic mass is 32.2. The fourth-order valence-electron chi connectivity index (χ4n) is 5.11. The SMILES string of the molecule is CS(=O)(=O)N(CC(=O)N(Cc1ccccc1)C(C(=O)NCCC1=CCCCC1)c1ccccc1)Cc1ccccc1. The molecule has 0 fully saturated rings. The van der Waals surface area contributed by atoms with E-state index in [9.17, 15) is 18.0 Å². The Morgan fingerprint density at radius 2 is 1.41 bits per heavy atom. The Kier molecular flexibility index (Phi) is 10.9. The zero-order chi connectivity index (χ0) is 29.1. The van der Waals surface area contributed by atoms with Gasteiger partial charge in [0.05, 0.1) is 12.8 Å². The van der Waals surface area contributed by atoms with Crippen molar-refractivity contribution in [2.45, 2.75) is 51.2 Å². The average Bonchev–Trinajstić information content (AvgIpc) is 2.98. The van der Waals surface area contributed by atoms with Gasteiger partial charge in [-0.05, 0) is 48.8 Å². The van der Waals surface area contributed by atoms with E-state index in [0.717, 1.165) is 41.0 Å². The van der Waals surface area contributed by atoms with Crippen LogP contribution in [-0.2, 0) is 32.7 Å². The Hall–Kier alpha value is -3.75. The number of sulfonamides is 1. The zero-order valence-corrected chi connectivity index (χ0v) is 24.4. The number of amides is 2. The van der Waals surface area contributed by atoms with E-state index in [-0.39, 0.29) is 25.5 Å². The molecular weight excluding hydrogens is 534 g/mol. The maximum atomic E-state index is 14.1. The van der Waals surface area contributed by atoms with Gasteiger partial charge in [-0.1, -0.05) is 103 Å². The van der Waals surface area contributed by atoms with Crippen LogP contribution < -0.4 is 5.32 Å². The van der Waals surface area contributed by atoms with Crippen LogP contribution in [0.15, 0.2) is 103 Å². The van der Waals surface area contributed by atoms with E-state index in [1.165, 1.54) is 23.3 Å². The van der Waals surface area contributed by atoms with E-state index in [1.54, 1.807) is 0 Å². The van der Waals surface area contributed by atoms with E-state index in [4.69, 9.17) is 0 Å². The minimum Gasteiger partial charge on any atom is -0.354 e. The van der Waals surface area contributed by atoms with Crippen LogP contribution in [0, 0.1) is 0 Å². The highest BCUT2D eigenvalue weighted by molar-refractivity contribution is 7.88. The van der Waals surface area contributed by atoms with E-state index in [2.05, 4.69) is 11.4 Å². The van der Waals surface area contributed by atoms with Gasteiger partial charge in [0, 0.05) is 19.6 Å².